The minimum absolute atomic E-state index is 0.0878. The van der Waals surface area contributed by atoms with Gasteiger partial charge < -0.3 is 19.9 Å². The van der Waals surface area contributed by atoms with Crippen LogP contribution in [0.1, 0.15) is 35.7 Å². The van der Waals surface area contributed by atoms with Crippen LogP contribution in [0, 0.1) is 6.92 Å². The molecule has 5 nitrogen and oxygen atoms in total. The first-order valence-corrected chi connectivity index (χ1v) is 8.05. The number of anilines is 1. The van der Waals surface area contributed by atoms with E-state index in [1.807, 2.05) is 26.0 Å². The fourth-order valence-electron chi connectivity index (χ4n) is 2.67. The van der Waals surface area contributed by atoms with E-state index in [2.05, 4.69) is 0 Å². The molecule has 0 bridgehead atoms. The lowest BCUT2D eigenvalue weighted by molar-refractivity contribution is 0.0778. The van der Waals surface area contributed by atoms with Gasteiger partial charge in [-0.3, -0.25) is 4.79 Å². The van der Waals surface area contributed by atoms with Gasteiger partial charge in [0, 0.05) is 5.56 Å². The van der Waals surface area contributed by atoms with Crippen molar-refractivity contribution in [2.75, 3.05) is 12.5 Å². The van der Waals surface area contributed by atoms with Crippen LogP contribution in [0.15, 0.2) is 36.4 Å². The predicted molar refractivity (Wildman–Crippen MR) is 91.8 cm³/mol. The van der Waals surface area contributed by atoms with Gasteiger partial charge in [-0.1, -0.05) is 19.4 Å². The molecule has 0 spiro atoms. The third kappa shape index (κ3) is 3.30. The van der Waals surface area contributed by atoms with Crippen LogP contribution >= 0.6 is 0 Å². The smallest absolute Gasteiger partial charge is 0.231 e. The Morgan fingerprint density at radius 1 is 1.21 bits per heavy atom. The van der Waals surface area contributed by atoms with Crippen molar-refractivity contribution in [1.82, 2.24) is 0 Å². The summed E-state index contributed by atoms with van der Waals surface area (Å²) in [5.41, 5.74) is 8.14. The van der Waals surface area contributed by atoms with Crippen LogP contribution in [0.3, 0.4) is 0 Å². The van der Waals surface area contributed by atoms with Crippen LogP contribution in [-0.4, -0.2) is 18.7 Å². The quantitative estimate of drug-likeness (QED) is 0.646. The molecule has 1 heterocycles. The number of carbonyl (C=O) groups is 1. The molecule has 2 aromatic rings. The topological polar surface area (TPSA) is 70.8 Å². The highest BCUT2D eigenvalue weighted by Gasteiger charge is 2.24. The Balaban J connectivity index is 1.83. The molecule has 5 heteroatoms. The fraction of sp³-hybridized carbons (Fsp3) is 0.316. The van der Waals surface area contributed by atoms with E-state index in [9.17, 15) is 4.79 Å². The van der Waals surface area contributed by atoms with E-state index in [-0.39, 0.29) is 12.6 Å². The van der Waals surface area contributed by atoms with Gasteiger partial charge in [-0.25, -0.2) is 0 Å². The zero-order valence-corrected chi connectivity index (χ0v) is 13.9. The van der Waals surface area contributed by atoms with Crippen molar-refractivity contribution in [2.45, 2.75) is 32.8 Å². The third-order valence-corrected chi connectivity index (χ3v) is 3.93. The SMILES string of the molecule is CCCC(Oc1ccc(C)cc1N)C(=O)c1ccc2c(c1)OCO2. The zero-order valence-electron chi connectivity index (χ0n) is 13.9. The van der Waals surface area contributed by atoms with Crippen LogP contribution in [0.25, 0.3) is 0 Å². The van der Waals surface area contributed by atoms with E-state index in [4.69, 9.17) is 19.9 Å². The van der Waals surface area contributed by atoms with Crippen molar-refractivity contribution >= 4 is 11.5 Å². The highest BCUT2D eigenvalue weighted by Crippen LogP contribution is 2.33. The molecule has 2 N–H and O–H groups in total. The van der Waals surface area contributed by atoms with Gasteiger partial charge in [0.2, 0.25) is 12.6 Å². The maximum Gasteiger partial charge on any atom is 0.231 e. The van der Waals surface area contributed by atoms with Gasteiger partial charge >= 0.3 is 0 Å². The first-order chi connectivity index (χ1) is 11.6. The fourth-order valence-corrected chi connectivity index (χ4v) is 2.67. The van der Waals surface area contributed by atoms with E-state index >= 15 is 0 Å². The molecule has 126 valence electrons. The van der Waals surface area contributed by atoms with Crippen molar-refractivity contribution in [2.24, 2.45) is 0 Å². The molecule has 0 amide bonds. The lowest BCUT2D eigenvalue weighted by atomic mass is 10.0. The first kappa shape index (κ1) is 16.2. The number of Topliss-reactive ketones (excluding diaryl/α,β-unsaturated/α-hetero) is 1. The highest BCUT2D eigenvalue weighted by molar-refractivity contribution is 6.00. The molecule has 3 rings (SSSR count). The van der Waals surface area contributed by atoms with Crippen LogP contribution in [0.2, 0.25) is 0 Å². The number of nitrogen functional groups attached to an aromatic ring is 1. The van der Waals surface area contributed by atoms with E-state index in [1.165, 1.54) is 0 Å². The van der Waals surface area contributed by atoms with Gasteiger partial charge in [-0.05, 0) is 49.2 Å². The molecular formula is C19H21NO4. The summed E-state index contributed by atoms with van der Waals surface area (Å²) in [5, 5.41) is 0. The van der Waals surface area contributed by atoms with Gasteiger partial charge in [-0.2, -0.15) is 0 Å². The molecule has 24 heavy (non-hydrogen) atoms. The van der Waals surface area contributed by atoms with Gasteiger partial charge in [-0.15, -0.1) is 0 Å². The van der Waals surface area contributed by atoms with Crippen molar-refractivity contribution < 1.29 is 19.0 Å². The summed E-state index contributed by atoms with van der Waals surface area (Å²) in [6.45, 7) is 4.16. The molecule has 1 atom stereocenters. The summed E-state index contributed by atoms with van der Waals surface area (Å²) in [7, 11) is 0. The monoisotopic (exact) mass is 327 g/mol. The van der Waals surface area contributed by atoms with E-state index < -0.39 is 6.10 Å². The highest BCUT2D eigenvalue weighted by atomic mass is 16.7. The van der Waals surface area contributed by atoms with Crippen molar-refractivity contribution in [1.29, 1.82) is 0 Å². The number of hydrogen-bond donors (Lipinski definition) is 1. The molecule has 0 radical (unpaired) electrons. The Labute approximate surface area is 141 Å². The van der Waals surface area contributed by atoms with Crippen molar-refractivity contribution in [3.05, 3.63) is 47.5 Å². The van der Waals surface area contributed by atoms with E-state index in [1.54, 1.807) is 24.3 Å². The van der Waals surface area contributed by atoms with E-state index in [0.717, 1.165) is 12.0 Å². The Morgan fingerprint density at radius 3 is 2.75 bits per heavy atom. The van der Waals surface area contributed by atoms with Crippen LogP contribution in [-0.2, 0) is 0 Å². The molecule has 2 aromatic carbocycles. The van der Waals surface area contributed by atoms with Crippen LogP contribution in [0.5, 0.6) is 17.2 Å². The van der Waals surface area contributed by atoms with Crippen molar-refractivity contribution in [3.8, 4) is 17.2 Å². The molecular weight excluding hydrogens is 306 g/mol. The molecule has 0 fully saturated rings. The summed E-state index contributed by atoms with van der Waals surface area (Å²) in [6.07, 6.45) is 0.855. The number of rotatable bonds is 6. The summed E-state index contributed by atoms with van der Waals surface area (Å²) in [6, 6.07) is 10.7. The summed E-state index contributed by atoms with van der Waals surface area (Å²) in [4.78, 5) is 12.9. The second-order valence-corrected chi connectivity index (χ2v) is 5.87. The number of ketones is 1. The number of carbonyl (C=O) groups excluding carboxylic acids is 1. The standard InChI is InChI=1S/C19H21NO4/c1-3-4-17(24-15-7-5-12(2)9-14(15)20)19(21)13-6-8-16-18(10-13)23-11-22-16/h5-10,17H,3-4,11,20H2,1-2H3. The molecule has 0 aliphatic carbocycles. The zero-order chi connectivity index (χ0) is 17.1. The van der Waals surface area contributed by atoms with Gasteiger partial charge in [0.25, 0.3) is 0 Å². The molecule has 0 aromatic heterocycles. The number of aryl methyl sites for hydroxylation is 1. The minimum Gasteiger partial charge on any atom is -0.480 e. The van der Waals surface area contributed by atoms with E-state index in [0.29, 0.717) is 34.9 Å². The summed E-state index contributed by atoms with van der Waals surface area (Å²) < 4.78 is 16.6. The number of hydrogen-bond acceptors (Lipinski definition) is 5. The Kier molecular flexibility index (Phi) is 4.60. The number of ether oxygens (including phenoxy) is 3. The second-order valence-electron chi connectivity index (χ2n) is 5.87. The first-order valence-electron chi connectivity index (χ1n) is 8.05. The molecule has 0 saturated heterocycles. The minimum atomic E-state index is -0.583. The summed E-state index contributed by atoms with van der Waals surface area (Å²) in [5.74, 6) is 1.69. The Morgan fingerprint density at radius 2 is 2.00 bits per heavy atom. The lowest BCUT2D eigenvalue weighted by Gasteiger charge is -2.19. The normalized spacial score (nSPS) is 13.6. The number of nitrogens with two attached hydrogens (primary N) is 1. The van der Waals surface area contributed by atoms with Crippen LogP contribution < -0.4 is 19.9 Å². The second kappa shape index (κ2) is 6.83. The molecule has 1 aliphatic rings. The maximum atomic E-state index is 12.9. The average Bonchev–Trinajstić information content (AvgIpc) is 3.03. The number of fused-ring (bicyclic) bond motifs is 1. The Hall–Kier alpha value is -2.69. The lowest BCUT2D eigenvalue weighted by Crippen LogP contribution is -2.27. The van der Waals surface area contributed by atoms with Gasteiger partial charge in [0.05, 0.1) is 5.69 Å². The molecule has 1 unspecified atom stereocenters. The average molecular weight is 327 g/mol. The molecule has 0 saturated carbocycles. The Bertz CT molecular complexity index is 757. The maximum absolute atomic E-state index is 12.9. The van der Waals surface area contributed by atoms with Crippen molar-refractivity contribution in [3.63, 3.8) is 0 Å². The van der Waals surface area contributed by atoms with Gasteiger partial charge in [0.1, 0.15) is 5.75 Å². The third-order valence-electron chi connectivity index (χ3n) is 3.93. The molecule has 1 aliphatic heterocycles. The summed E-state index contributed by atoms with van der Waals surface area (Å²) >= 11 is 0. The number of benzene rings is 2. The van der Waals surface area contributed by atoms with Crippen LogP contribution in [0.4, 0.5) is 5.69 Å². The predicted octanol–water partition coefficient (Wildman–Crippen LogP) is 3.74. The van der Waals surface area contributed by atoms with Gasteiger partial charge in [0.15, 0.2) is 17.6 Å². The largest absolute Gasteiger partial charge is 0.480 e.